The SMILES string of the molecule is FC1(F)CCC(Nc2cc(C3CC3)nc(-n3ccc(C4CC4)n3)n2)CC1. The molecule has 0 unspecified atom stereocenters. The lowest BCUT2D eigenvalue weighted by Crippen LogP contribution is -2.32. The van der Waals surface area contributed by atoms with Crippen LogP contribution in [0.3, 0.4) is 0 Å². The van der Waals surface area contributed by atoms with Gasteiger partial charge in [-0.05, 0) is 44.6 Å². The van der Waals surface area contributed by atoms with Crippen LogP contribution in [0, 0.1) is 0 Å². The fourth-order valence-electron chi connectivity index (χ4n) is 3.66. The van der Waals surface area contributed by atoms with Gasteiger partial charge in [0.25, 0.3) is 5.95 Å². The summed E-state index contributed by atoms with van der Waals surface area (Å²) in [4.78, 5) is 9.33. The van der Waals surface area contributed by atoms with Gasteiger partial charge in [-0.25, -0.2) is 18.4 Å². The van der Waals surface area contributed by atoms with Crippen LogP contribution in [0.5, 0.6) is 0 Å². The van der Waals surface area contributed by atoms with Crippen LogP contribution in [0.2, 0.25) is 0 Å². The van der Waals surface area contributed by atoms with Crippen molar-refractivity contribution in [1.82, 2.24) is 19.7 Å². The molecule has 3 saturated carbocycles. The van der Waals surface area contributed by atoms with Crippen molar-refractivity contribution in [2.45, 2.75) is 75.2 Å². The molecule has 3 aliphatic carbocycles. The third kappa shape index (κ3) is 3.44. The van der Waals surface area contributed by atoms with Crippen LogP contribution in [0.4, 0.5) is 14.6 Å². The van der Waals surface area contributed by atoms with Crippen LogP contribution in [-0.2, 0) is 0 Å². The highest BCUT2D eigenvalue weighted by Crippen LogP contribution is 2.41. The Labute approximate surface area is 151 Å². The molecule has 7 heteroatoms. The number of anilines is 1. The maximum atomic E-state index is 13.4. The van der Waals surface area contributed by atoms with Crippen molar-refractivity contribution < 1.29 is 8.78 Å². The second kappa shape index (κ2) is 5.99. The summed E-state index contributed by atoms with van der Waals surface area (Å²) < 4.78 is 28.5. The molecule has 1 N–H and O–H groups in total. The van der Waals surface area contributed by atoms with E-state index in [1.54, 1.807) is 4.68 Å². The van der Waals surface area contributed by atoms with Crippen molar-refractivity contribution in [2.24, 2.45) is 0 Å². The Morgan fingerprint density at radius 2 is 1.65 bits per heavy atom. The molecule has 0 atom stereocenters. The van der Waals surface area contributed by atoms with Gasteiger partial charge in [0, 0.05) is 43.0 Å². The largest absolute Gasteiger partial charge is 0.367 e. The molecular weight excluding hydrogens is 336 g/mol. The minimum absolute atomic E-state index is 0.0454. The van der Waals surface area contributed by atoms with Gasteiger partial charge in [-0.15, -0.1) is 0 Å². The highest BCUT2D eigenvalue weighted by Gasteiger charge is 2.35. The Balaban J connectivity index is 1.39. The zero-order chi connectivity index (χ0) is 17.7. The van der Waals surface area contributed by atoms with Crippen LogP contribution in [0.1, 0.15) is 74.6 Å². The molecule has 0 bridgehead atoms. The number of nitrogens with one attached hydrogen (secondary N) is 1. The van der Waals surface area contributed by atoms with Crippen LogP contribution < -0.4 is 5.32 Å². The second-order valence-corrected chi connectivity index (χ2v) is 7.99. The molecule has 5 rings (SSSR count). The number of alkyl halides is 2. The Bertz CT molecular complexity index is 800. The van der Waals surface area contributed by atoms with E-state index in [9.17, 15) is 8.78 Å². The Hall–Kier alpha value is -2.05. The number of hydrogen-bond acceptors (Lipinski definition) is 4. The van der Waals surface area contributed by atoms with Crippen molar-refractivity contribution in [1.29, 1.82) is 0 Å². The van der Waals surface area contributed by atoms with Gasteiger partial charge in [0.2, 0.25) is 5.92 Å². The molecule has 2 aromatic heterocycles. The van der Waals surface area contributed by atoms with Crippen LogP contribution in [0.15, 0.2) is 18.3 Å². The number of rotatable bonds is 5. The summed E-state index contributed by atoms with van der Waals surface area (Å²) in [6, 6.07) is 4.07. The monoisotopic (exact) mass is 359 g/mol. The summed E-state index contributed by atoms with van der Waals surface area (Å²) in [5.74, 6) is -0.126. The van der Waals surface area contributed by atoms with Crippen molar-refractivity contribution in [3.05, 3.63) is 29.7 Å². The maximum absolute atomic E-state index is 13.4. The average Bonchev–Trinajstić information content (AvgIpc) is 3.55. The van der Waals surface area contributed by atoms with Crippen LogP contribution in [-0.4, -0.2) is 31.7 Å². The topological polar surface area (TPSA) is 55.6 Å². The highest BCUT2D eigenvalue weighted by atomic mass is 19.3. The van der Waals surface area contributed by atoms with Crippen LogP contribution >= 0.6 is 0 Å². The minimum atomic E-state index is -2.51. The molecule has 0 aromatic carbocycles. The van der Waals surface area contributed by atoms with Gasteiger partial charge in [-0.3, -0.25) is 0 Å². The summed E-state index contributed by atoms with van der Waals surface area (Å²) >= 11 is 0. The molecule has 2 heterocycles. The first kappa shape index (κ1) is 16.1. The molecule has 0 amide bonds. The average molecular weight is 359 g/mol. The first-order chi connectivity index (χ1) is 12.6. The fourth-order valence-corrected chi connectivity index (χ4v) is 3.66. The molecule has 26 heavy (non-hydrogen) atoms. The first-order valence-corrected chi connectivity index (χ1v) is 9.65. The summed E-state index contributed by atoms with van der Waals surface area (Å²) in [6.07, 6.45) is 7.47. The van der Waals surface area contributed by atoms with Gasteiger partial charge >= 0.3 is 0 Å². The van der Waals surface area contributed by atoms with E-state index < -0.39 is 5.92 Å². The van der Waals surface area contributed by atoms with Gasteiger partial charge in [-0.2, -0.15) is 10.1 Å². The lowest BCUT2D eigenvalue weighted by Gasteiger charge is -2.29. The smallest absolute Gasteiger partial charge is 0.252 e. The summed E-state index contributed by atoms with van der Waals surface area (Å²) in [5.41, 5.74) is 2.14. The number of hydrogen-bond donors (Lipinski definition) is 1. The molecular formula is C19H23F2N5. The second-order valence-electron chi connectivity index (χ2n) is 7.99. The standard InChI is InChI=1S/C19H23F2N5/c20-19(21)8-5-14(6-9-19)22-17-11-16(13-3-4-13)23-18(24-17)26-10-7-15(25-26)12-1-2-12/h7,10-14H,1-6,8-9H2,(H,22,23,24). The summed E-state index contributed by atoms with van der Waals surface area (Å²) in [5, 5.41) is 8.00. The molecule has 3 aliphatic rings. The Morgan fingerprint density at radius 1 is 0.962 bits per heavy atom. The van der Waals surface area contributed by atoms with Crippen molar-refractivity contribution in [3.8, 4) is 5.95 Å². The molecule has 138 valence electrons. The van der Waals surface area contributed by atoms with E-state index in [1.807, 2.05) is 18.3 Å². The third-order valence-corrected chi connectivity index (χ3v) is 5.61. The predicted octanol–water partition coefficient (Wildman–Crippen LogP) is 4.41. The molecule has 0 radical (unpaired) electrons. The number of aromatic nitrogens is 4. The van der Waals surface area contributed by atoms with Gasteiger partial charge in [-0.1, -0.05) is 0 Å². The normalized spacial score (nSPS) is 23.2. The van der Waals surface area contributed by atoms with Gasteiger partial charge in [0.05, 0.1) is 11.4 Å². The highest BCUT2D eigenvalue weighted by molar-refractivity contribution is 5.42. The molecule has 0 aliphatic heterocycles. The lowest BCUT2D eigenvalue weighted by molar-refractivity contribution is -0.0361. The van der Waals surface area contributed by atoms with E-state index in [0.717, 1.165) is 30.0 Å². The maximum Gasteiger partial charge on any atom is 0.252 e. The number of nitrogens with zero attached hydrogens (tertiary/aromatic N) is 4. The molecule has 5 nitrogen and oxygen atoms in total. The summed E-state index contributed by atoms with van der Waals surface area (Å²) in [7, 11) is 0. The predicted molar refractivity (Wildman–Crippen MR) is 93.9 cm³/mol. The number of halogens is 2. The van der Waals surface area contributed by atoms with E-state index in [-0.39, 0.29) is 18.9 Å². The lowest BCUT2D eigenvalue weighted by atomic mass is 9.92. The van der Waals surface area contributed by atoms with E-state index in [0.29, 0.717) is 30.6 Å². The van der Waals surface area contributed by atoms with E-state index in [2.05, 4.69) is 15.4 Å². The molecule has 0 saturated heterocycles. The first-order valence-electron chi connectivity index (χ1n) is 9.65. The van der Waals surface area contributed by atoms with Gasteiger partial charge in [0.15, 0.2) is 0 Å². The Kier molecular flexibility index (Phi) is 3.72. The van der Waals surface area contributed by atoms with Crippen molar-refractivity contribution in [2.75, 3.05) is 5.32 Å². The zero-order valence-corrected chi connectivity index (χ0v) is 14.7. The minimum Gasteiger partial charge on any atom is -0.367 e. The van der Waals surface area contributed by atoms with Gasteiger partial charge in [0.1, 0.15) is 5.82 Å². The van der Waals surface area contributed by atoms with Gasteiger partial charge < -0.3 is 5.32 Å². The van der Waals surface area contributed by atoms with Crippen LogP contribution in [0.25, 0.3) is 5.95 Å². The molecule has 0 spiro atoms. The molecule has 2 aromatic rings. The zero-order valence-electron chi connectivity index (χ0n) is 14.7. The fraction of sp³-hybridized carbons (Fsp3) is 0.632. The van der Waals surface area contributed by atoms with Crippen molar-refractivity contribution in [3.63, 3.8) is 0 Å². The van der Waals surface area contributed by atoms with E-state index in [4.69, 9.17) is 4.98 Å². The van der Waals surface area contributed by atoms with E-state index >= 15 is 0 Å². The Morgan fingerprint density at radius 3 is 2.35 bits per heavy atom. The quantitative estimate of drug-likeness (QED) is 0.859. The third-order valence-electron chi connectivity index (χ3n) is 5.61. The summed E-state index contributed by atoms with van der Waals surface area (Å²) in [6.45, 7) is 0. The molecule has 3 fully saturated rings. The van der Waals surface area contributed by atoms with E-state index in [1.165, 1.54) is 12.8 Å². The van der Waals surface area contributed by atoms with Crippen molar-refractivity contribution >= 4 is 5.82 Å².